The van der Waals surface area contributed by atoms with E-state index in [2.05, 4.69) is 24.3 Å². The van der Waals surface area contributed by atoms with Crippen molar-refractivity contribution in [1.82, 2.24) is 0 Å². The summed E-state index contributed by atoms with van der Waals surface area (Å²) in [6, 6.07) is 14.5. The summed E-state index contributed by atoms with van der Waals surface area (Å²) in [7, 11) is 0. The van der Waals surface area contributed by atoms with E-state index >= 15 is 0 Å². The normalized spacial score (nSPS) is 19.1. The van der Waals surface area contributed by atoms with Gasteiger partial charge in [-0.15, -0.1) is 0 Å². The molecule has 0 heterocycles. The molecule has 0 saturated heterocycles. The average molecular weight is 320 g/mol. The second-order valence-corrected chi connectivity index (χ2v) is 6.56. The quantitative estimate of drug-likeness (QED) is 0.848. The Kier molecular flexibility index (Phi) is 4.54. The van der Waals surface area contributed by atoms with Crippen molar-refractivity contribution in [2.45, 2.75) is 37.6 Å². The van der Waals surface area contributed by atoms with Gasteiger partial charge in [0.15, 0.2) is 0 Å². The van der Waals surface area contributed by atoms with Crippen molar-refractivity contribution in [3.8, 4) is 0 Å². The lowest BCUT2D eigenvalue weighted by atomic mass is 9.77. The van der Waals surface area contributed by atoms with Crippen LogP contribution in [0.4, 0.5) is 0 Å². The molecule has 2 atom stereocenters. The Morgan fingerprint density at radius 3 is 2.76 bits per heavy atom. The van der Waals surface area contributed by atoms with Gasteiger partial charge in [-0.1, -0.05) is 59.6 Å². The summed E-state index contributed by atoms with van der Waals surface area (Å²) >= 11 is 12.4. The van der Waals surface area contributed by atoms with Crippen molar-refractivity contribution in [3.63, 3.8) is 0 Å². The number of hydrogen-bond acceptors (Lipinski definition) is 1. The summed E-state index contributed by atoms with van der Waals surface area (Å²) in [6.45, 7) is 0. The van der Waals surface area contributed by atoms with Gasteiger partial charge in [0, 0.05) is 6.04 Å². The third-order valence-electron chi connectivity index (χ3n) is 4.42. The average Bonchev–Trinajstić information content (AvgIpc) is 2.51. The molecule has 2 aromatic rings. The molecular formula is C18H19Cl2N. The van der Waals surface area contributed by atoms with E-state index < -0.39 is 0 Å². The molecule has 0 amide bonds. The van der Waals surface area contributed by atoms with E-state index in [1.807, 2.05) is 18.2 Å². The monoisotopic (exact) mass is 319 g/mol. The molecule has 2 unspecified atom stereocenters. The topological polar surface area (TPSA) is 26.0 Å². The Hall–Kier alpha value is -1.02. The molecular weight excluding hydrogens is 301 g/mol. The standard InChI is InChI=1S/C18H19Cl2N/c19-16-10-4-7-13(18(16)20)11-17(21)15-9-3-6-12-5-1-2-8-14(12)15/h1-2,4-5,7-8,10,15,17H,3,6,9,11,21H2. The van der Waals surface area contributed by atoms with Gasteiger partial charge >= 0.3 is 0 Å². The third kappa shape index (κ3) is 3.11. The van der Waals surface area contributed by atoms with Crippen LogP contribution in [0.15, 0.2) is 42.5 Å². The molecule has 3 rings (SSSR count). The van der Waals surface area contributed by atoms with Crippen LogP contribution in [0.25, 0.3) is 0 Å². The molecule has 0 fully saturated rings. The fourth-order valence-corrected chi connectivity index (χ4v) is 3.74. The van der Waals surface area contributed by atoms with Gasteiger partial charge < -0.3 is 5.73 Å². The first-order chi connectivity index (χ1) is 10.2. The highest BCUT2D eigenvalue weighted by atomic mass is 35.5. The van der Waals surface area contributed by atoms with E-state index in [9.17, 15) is 0 Å². The van der Waals surface area contributed by atoms with Gasteiger partial charge in [-0.2, -0.15) is 0 Å². The molecule has 1 nitrogen and oxygen atoms in total. The van der Waals surface area contributed by atoms with Gasteiger partial charge in [0.1, 0.15) is 0 Å². The zero-order valence-electron chi connectivity index (χ0n) is 11.9. The van der Waals surface area contributed by atoms with E-state index in [-0.39, 0.29) is 6.04 Å². The first kappa shape index (κ1) is 14.9. The lowest BCUT2D eigenvalue weighted by Crippen LogP contribution is -2.33. The summed E-state index contributed by atoms with van der Waals surface area (Å²) in [6.07, 6.45) is 4.28. The number of halogens is 2. The van der Waals surface area contributed by atoms with Crippen LogP contribution in [0, 0.1) is 0 Å². The molecule has 1 aliphatic carbocycles. The summed E-state index contributed by atoms with van der Waals surface area (Å²) in [5.74, 6) is 0.407. The maximum absolute atomic E-state index is 6.51. The largest absolute Gasteiger partial charge is 0.327 e. The zero-order valence-corrected chi connectivity index (χ0v) is 13.4. The molecule has 0 aliphatic heterocycles. The Labute approximate surface area is 136 Å². The number of nitrogens with two attached hydrogens (primary N) is 1. The molecule has 0 aromatic heterocycles. The Morgan fingerprint density at radius 1 is 1.10 bits per heavy atom. The molecule has 2 aromatic carbocycles. The molecule has 21 heavy (non-hydrogen) atoms. The minimum Gasteiger partial charge on any atom is -0.327 e. The van der Waals surface area contributed by atoms with Crippen LogP contribution in [-0.4, -0.2) is 6.04 Å². The van der Waals surface area contributed by atoms with E-state index in [1.54, 1.807) is 0 Å². The lowest BCUT2D eigenvalue weighted by Gasteiger charge is -2.30. The van der Waals surface area contributed by atoms with Crippen LogP contribution >= 0.6 is 23.2 Å². The van der Waals surface area contributed by atoms with Gasteiger partial charge in [0.05, 0.1) is 10.0 Å². The second-order valence-electron chi connectivity index (χ2n) is 5.78. The van der Waals surface area contributed by atoms with Crippen LogP contribution in [0.5, 0.6) is 0 Å². The minimum atomic E-state index is 0.0717. The van der Waals surface area contributed by atoms with E-state index in [0.717, 1.165) is 24.8 Å². The summed E-state index contributed by atoms with van der Waals surface area (Å²) in [5.41, 5.74) is 10.4. The summed E-state index contributed by atoms with van der Waals surface area (Å²) in [5, 5.41) is 1.24. The Bertz CT molecular complexity index is 639. The van der Waals surface area contributed by atoms with Gasteiger partial charge in [0.25, 0.3) is 0 Å². The SMILES string of the molecule is NC(Cc1cccc(Cl)c1Cl)C1CCCc2ccccc21. The van der Waals surface area contributed by atoms with Gasteiger partial charge in [-0.3, -0.25) is 0 Å². The Balaban J connectivity index is 1.83. The molecule has 0 saturated carbocycles. The van der Waals surface area contributed by atoms with Crippen LogP contribution in [-0.2, 0) is 12.8 Å². The van der Waals surface area contributed by atoms with Crippen molar-refractivity contribution >= 4 is 23.2 Å². The molecule has 3 heteroatoms. The van der Waals surface area contributed by atoms with Crippen LogP contribution < -0.4 is 5.73 Å². The molecule has 0 radical (unpaired) electrons. The zero-order chi connectivity index (χ0) is 14.8. The van der Waals surface area contributed by atoms with Crippen molar-refractivity contribution in [2.24, 2.45) is 5.73 Å². The van der Waals surface area contributed by atoms with E-state index in [1.165, 1.54) is 17.5 Å². The first-order valence-electron chi connectivity index (χ1n) is 7.43. The highest BCUT2D eigenvalue weighted by molar-refractivity contribution is 6.42. The van der Waals surface area contributed by atoms with Crippen molar-refractivity contribution in [3.05, 3.63) is 69.2 Å². The van der Waals surface area contributed by atoms with E-state index in [4.69, 9.17) is 28.9 Å². The highest BCUT2D eigenvalue weighted by Crippen LogP contribution is 2.35. The number of fused-ring (bicyclic) bond motifs is 1. The van der Waals surface area contributed by atoms with Gasteiger partial charge in [0.2, 0.25) is 0 Å². The maximum atomic E-state index is 6.51. The van der Waals surface area contributed by atoms with Crippen molar-refractivity contribution in [1.29, 1.82) is 0 Å². The Morgan fingerprint density at radius 2 is 1.90 bits per heavy atom. The second kappa shape index (κ2) is 6.39. The number of benzene rings is 2. The lowest BCUT2D eigenvalue weighted by molar-refractivity contribution is 0.460. The van der Waals surface area contributed by atoms with Crippen LogP contribution in [0.1, 0.15) is 35.4 Å². The first-order valence-corrected chi connectivity index (χ1v) is 8.18. The van der Waals surface area contributed by atoms with E-state index in [0.29, 0.717) is 16.0 Å². The smallest absolute Gasteiger partial charge is 0.0624 e. The fourth-order valence-electron chi connectivity index (χ4n) is 3.34. The van der Waals surface area contributed by atoms with Gasteiger partial charge in [-0.05, 0) is 54.4 Å². The van der Waals surface area contributed by atoms with Crippen molar-refractivity contribution < 1.29 is 0 Å². The predicted octanol–water partition coefficient (Wildman–Crippen LogP) is 4.98. The van der Waals surface area contributed by atoms with Crippen LogP contribution in [0.3, 0.4) is 0 Å². The summed E-state index contributed by atoms with van der Waals surface area (Å²) in [4.78, 5) is 0. The predicted molar refractivity (Wildman–Crippen MR) is 90.3 cm³/mol. The number of hydrogen-bond donors (Lipinski definition) is 1. The molecule has 0 bridgehead atoms. The van der Waals surface area contributed by atoms with Crippen LogP contribution in [0.2, 0.25) is 10.0 Å². The number of aryl methyl sites for hydroxylation is 1. The minimum absolute atomic E-state index is 0.0717. The molecule has 0 spiro atoms. The molecule has 1 aliphatic rings. The molecule has 2 N–H and O–H groups in total. The maximum Gasteiger partial charge on any atom is 0.0624 e. The fraction of sp³-hybridized carbons (Fsp3) is 0.333. The third-order valence-corrected chi connectivity index (χ3v) is 5.28. The molecule has 110 valence electrons. The highest BCUT2D eigenvalue weighted by Gasteiger charge is 2.26. The van der Waals surface area contributed by atoms with Crippen molar-refractivity contribution in [2.75, 3.05) is 0 Å². The van der Waals surface area contributed by atoms with Gasteiger partial charge in [-0.25, -0.2) is 0 Å². The number of rotatable bonds is 3. The summed E-state index contributed by atoms with van der Waals surface area (Å²) < 4.78 is 0.